The highest BCUT2D eigenvalue weighted by Crippen LogP contribution is 2.42. The molecule has 0 fully saturated rings. The lowest BCUT2D eigenvalue weighted by Crippen LogP contribution is -2.21. The summed E-state index contributed by atoms with van der Waals surface area (Å²) >= 11 is 0. The van der Waals surface area contributed by atoms with Crippen LogP contribution in [0.1, 0.15) is 29.5 Å². The van der Waals surface area contributed by atoms with E-state index >= 15 is 0 Å². The number of likely N-dealkylation sites (N-methyl/N-ethyl adjacent to an activating group) is 1. The third kappa shape index (κ3) is 3.12. The number of nitrogens with zero attached hydrogens (tertiary/aromatic N) is 1. The smallest absolute Gasteiger partial charge is 0.231 e. The molecule has 0 aliphatic carbocycles. The van der Waals surface area contributed by atoms with Gasteiger partial charge in [0.05, 0.1) is 7.11 Å². The molecule has 0 bridgehead atoms. The standard InChI is InChI=1S/C20H23NO4.ClH/c1-12-6-14-8-19-20(25-11-24-19)10-16(14)21(2)5-4-13-7-18(23-3)17(22)9-15(12)13;/h7-10,12,22H,4-6,11H2,1-3H3;1H. The first-order valence-corrected chi connectivity index (χ1v) is 8.60. The van der Waals surface area contributed by atoms with Crippen molar-refractivity contribution in [3.8, 4) is 23.0 Å². The van der Waals surface area contributed by atoms with Gasteiger partial charge in [-0.25, -0.2) is 0 Å². The zero-order chi connectivity index (χ0) is 17.6. The molecule has 2 aromatic rings. The highest BCUT2D eigenvalue weighted by Gasteiger charge is 2.24. The van der Waals surface area contributed by atoms with Crippen LogP contribution in [-0.4, -0.2) is 32.6 Å². The molecule has 2 aliphatic heterocycles. The molecule has 6 heteroatoms. The number of rotatable bonds is 1. The number of ether oxygens (including phenoxy) is 3. The zero-order valence-electron chi connectivity index (χ0n) is 15.2. The maximum Gasteiger partial charge on any atom is 0.231 e. The molecule has 2 aliphatic rings. The molecule has 26 heavy (non-hydrogen) atoms. The van der Waals surface area contributed by atoms with Crippen molar-refractivity contribution in [3.63, 3.8) is 0 Å². The van der Waals surface area contributed by atoms with Crippen LogP contribution in [0, 0.1) is 0 Å². The van der Waals surface area contributed by atoms with E-state index in [2.05, 4.69) is 31.0 Å². The minimum Gasteiger partial charge on any atom is -0.504 e. The van der Waals surface area contributed by atoms with Gasteiger partial charge in [-0.15, -0.1) is 12.4 Å². The fourth-order valence-electron chi connectivity index (χ4n) is 3.81. The third-order valence-electron chi connectivity index (χ3n) is 5.20. The van der Waals surface area contributed by atoms with Gasteiger partial charge in [0.15, 0.2) is 23.0 Å². The summed E-state index contributed by atoms with van der Waals surface area (Å²) in [4.78, 5) is 2.26. The van der Waals surface area contributed by atoms with Crippen LogP contribution in [0.2, 0.25) is 0 Å². The summed E-state index contributed by atoms with van der Waals surface area (Å²) in [5.74, 6) is 2.64. The molecule has 0 amide bonds. The lowest BCUT2D eigenvalue weighted by Gasteiger charge is -2.22. The van der Waals surface area contributed by atoms with E-state index in [0.717, 1.165) is 30.9 Å². The van der Waals surface area contributed by atoms with Gasteiger partial charge in [0.2, 0.25) is 6.79 Å². The van der Waals surface area contributed by atoms with Crippen molar-refractivity contribution in [1.82, 2.24) is 0 Å². The lowest BCUT2D eigenvalue weighted by molar-refractivity contribution is 0.174. The average Bonchev–Trinajstić information content (AvgIpc) is 3.06. The van der Waals surface area contributed by atoms with Crippen LogP contribution < -0.4 is 19.1 Å². The maximum absolute atomic E-state index is 10.2. The van der Waals surface area contributed by atoms with E-state index in [1.54, 1.807) is 7.11 Å². The summed E-state index contributed by atoms with van der Waals surface area (Å²) in [6.07, 6.45) is 1.76. The predicted molar refractivity (Wildman–Crippen MR) is 104 cm³/mol. The zero-order valence-corrected chi connectivity index (χ0v) is 16.1. The Morgan fingerprint density at radius 2 is 1.85 bits per heavy atom. The van der Waals surface area contributed by atoms with E-state index in [-0.39, 0.29) is 30.9 Å². The lowest BCUT2D eigenvalue weighted by atomic mass is 9.89. The molecule has 0 radical (unpaired) electrons. The van der Waals surface area contributed by atoms with Crippen molar-refractivity contribution in [3.05, 3.63) is 41.0 Å². The number of phenols is 1. The molecule has 140 valence electrons. The summed E-state index contributed by atoms with van der Waals surface area (Å²) in [6.45, 7) is 3.36. The van der Waals surface area contributed by atoms with Crippen molar-refractivity contribution < 1.29 is 19.3 Å². The second-order valence-corrected chi connectivity index (χ2v) is 6.83. The summed E-state index contributed by atoms with van der Waals surface area (Å²) in [5, 5.41) is 10.2. The van der Waals surface area contributed by atoms with E-state index in [4.69, 9.17) is 14.2 Å². The Morgan fingerprint density at radius 3 is 2.58 bits per heavy atom. The van der Waals surface area contributed by atoms with Crippen LogP contribution in [-0.2, 0) is 12.8 Å². The predicted octanol–water partition coefficient (Wildman–Crippen LogP) is 3.89. The average molecular weight is 378 g/mol. The number of aromatic hydroxyl groups is 1. The largest absolute Gasteiger partial charge is 0.504 e. The Hall–Kier alpha value is -2.27. The first kappa shape index (κ1) is 18.5. The Labute approximate surface area is 159 Å². The summed E-state index contributed by atoms with van der Waals surface area (Å²) in [5.41, 5.74) is 4.82. The van der Waals surface area contributed by atoms with E-state index in [1.165, 1.54) is 22.4 Å². The number of fused-ring (bicyclic) bond motifs is 3. The van der Waals surface area contributed by atoms with Crippen LogP contribution in [0.15, 0.2) is 24.3 Å². The Kier molecular flexibility index (Phi) is 5.10. The molecule has 1 atom stereocenters. The molecule has 0 aromatic heterocycles. The number of halogens is 1. The van der Waals surface area contributed by atoms with Crippen LogP contribution >= 0.6 is 12.4 Å². The molecule has 2 aromatic carbocycles. The number of phenolic OH excluding ortho intramolecular Hbond substituents is 1. The highest BCUT2D eigenvalue weighted by atomic mass is 35.5. The van der Waals surface area contributed by atoms with Gasteiger partial charge in [-0.3, -0.25) is 0 Å². The molecule has 0 saturated heterocycles. The third-order valence-corrected chi connectivity index (χ3v) is 5.20. The number of benzene rings is 2. The van der Waals surface area contributed by atoms with Gasteiger partial charge in [0.1, 0.15) is 0 Å². The number of anilines is 1. The van der Waals surface area contributed by atoms with Gasteiger partial charge in [-0.1, -0.05) is 6.92 Å². The summed E-state index contributed by atoms with van der Waals surface area (Å²) in [7, 11) is 3.69. The SMILES string of the molecule is COc1cc2c(cc1O)C(C)Cc1cc3c(cc1N(C)CC2)OCO3.Cl. The van der Waals surface area contributed by atoms with Crippen LogP contribution in [0.3, 0.4) is 0 Å². The van der Waals surface area contributed by atoms with E-state index in [0.29, 0.717) is 5.75 Å². The minimum atomic E-state index is 0. The van der Waals surface area contributed by atoms with Gasteiger partial charge < -0.3 is 24.2 Å². The van der Waals surface area contributed by atoms with E-state index in [1.807, 2.05) is 12.1 Å². The maximum atomic E-state index is 10.2. The molecule has 2 heterocycles. The van der Waals surface area contributed by atoms with Crippen molar-refractivity contribution in [2.75, 3.05) is 32.4 Å². The monoisotopic (exact) mass is 377 g/mol. The summed E-state index contributed by atoms with van der Waals surface area (Å²) < 4.78 is 16.4. The first-order chi connectivity index (χ1) is 12.1. The second-order valence-electron chi connectivity index (χ2n) is 6.83. The molecular formula is C20H24ClNO4. The van der Waals surface area contributed by atoms with E-state index in [9.17, 15) is 5.11 Å². The van der Waals surface area contributed by atoms with Gasteiger partial charge in [-0.05, 0) is 53.6 Å². The fraction of sp³-hybridized carbons (Fsp3) is 0.400. The summed E-state index contributed by atoms with van der Waals surface area (Å²) in [6, 6.07) is 8.01. The molecule has 5 nitrogen and oxygen atoms in total. The van der Waals surface area contributed by atoms with Crippen LogP contribution in [0.5, 0.6) is 23.0 Å². The van der Waals surface area contributed by atoms with Gasteiger partial charge in [-0.2, -0.15) is 0 Å². The van der Waals surface area contributed by atoms with Crippen LogP contribution in [0.4, 0.5) is 5.69 Å². The van der Waals surface area contributed by atoms with Gasteiger partial charge in [0.25, 0.3) is 0 Å². The minimum absolute atomic E-state index is 0. The van der Waals surface area contributed by atoms with Crippen molar-refractivity contribution >= 4 is 18.1 Å². The Morgan fingerprint density at radius 1 is 1.12 bits per heavy atom. The molecule has 0 spiro atoms. The first-order valence-electron chi connectivity index (χ1n) is 8.60. The number of methoxy groups -OCH3 is 1. The Bertz CT molecular complexity index is 824. The van der Waals surface area contributed by atoms with Gasteiger partial charge >= 0.3 is 0 Å². The fourth-order valence-corrected chi connectivity index (χ4v) is 3.81. The quantitative estimate of drug-likeness (QED) is 0.817. The molecule has 1 unspecified atom stereocenters. The molecule has 4 rings (SSSR count). The topological polar surface area (TPSA) is 51.2 Å². The number of hydrogen-bond donors (Lipinski definition) is 1. The van der Waals surface area contributed by atoms with Gasteiger partial charge in [0, 0.05) is 25.3 Å². The molecule has 1 N–H and O–H groups in total. The van der Waals surface area contributed by atoms with Crippen molar-refractivity contribution in [1.29, 1.82) is 0 Å². The van der Waals surface area contributed by atoms with E-state index < -0.39 is 0 Å². The normalized spacial score (nSPS) is 18.0. The number of hydrogen-bond acceptors (Lipinski definition) is 5. The molecule has 0 saturated carbocycles. The highest BCUT2D eigenvalue weighted by molar-refractivity contribution is 5.85. The molecular weight excluding hydrogens is 354 g/mol. The Balaban J connectivity index is 0.00000196. The second kappa shape index (κ2) is 7.16. The van der Waals surface area contributed by atoms with Crippen molar-refractivity contribution in [2.24, 2.45) is 0 Å². The van der Waals surface area contributed by atoms with Crippen LogP contribution in [0.25, 0.3) is 0 Å². The van der Waals surface area contributed by atoms with Crippen molar-refractivity contribution in [2.45, 2.75) is 25.7 Å².